The Morgan fingerprint density at radius 2 is 1.82 bits per heavy atom. The molecule has 0 aliphatic carbocycles. The quantitative estimate of drug-likeness (QED) is 0.341. The molecule has 0 atom stereocenters. The van der Waals surface area contributed by atoms with Crippen molar-refractivity contribution >= 4 is 18.0 Å². The van der Waals surface area contributed by atoms with Crippen LogP contribution in [0.15, 0.2) is 23.9 Å². The van der Waals surface area contributed by atoms with E-state index < -0.39 is 23.5 Å². The molecule has 8 nitrogen and oxygen atoms in total. The van der Waals surface area contributed by atoms with Gasteiger partial charge in [-0.15, -0.1) is 0 Å². The molecule has 8 heteroatoms. The molecule has 1 aromatic carbocycles. The fourth-order valence-electron chi connectivity index (χ4n) is 1.53. The number of hydrogen-bond acceptors (Lipinski definition) is 7. The van der Waals surface area contributed by atoms with Gasteiger partial charge in [0.2, 0.25) is 0 Å². The third-order valence-corrected chi connectivity index (χ3v) is 2.39. The molecule has 0 aromatic heterocycles. The molecule has 0 saturated heterocycles. The highest BCUT2D eigenvalue weighted by Gasteiger charge is 2.14. The Balaban J connectivity index is 3.15. The standard InChI is InChI=1S/C14H15NO7/c1-9(16)21-8-12(15(18)19)4-11-5-13(20-3)7-14(6-11)22-10(2)17/h4-7H,8H2,1-3H3/b12-4-. The van der Waals surface area contributed by atoms with Gasteiger partial charge in [-0.05, 0) is 17.7 Å². The predicted octanol–water partition coefficient (Wildman–Crippen LogP) is 1.80. The average Bonchev–Trinajstić information content (AvgIpc) is 2.41. The topological polar surface area (TPSA) is 105 Å². The maximum atomic E-state index is 11.0. The van der Waals surface area contributed by atoms with E-state index in [-0.39, 0.29) is 11.4 Å². The third kappa shape index (κ3) is 5.61. The van der Waals surface area contributed by atoms with Crippen LogP contribution in [-0.4, -0.2) is 30.6 Å². The van der Waals surface area contributed by atoms with Crippen molar-refractivity contribution in [2.24, 2.45) is 0 Å². The van der Waals surface area contributed by atoms with Gasteiger partial charge in [0.25, 0.3) is 5.70 Å². The van der Waals surface area contributed by atoms with Gasteiger partial charge in [-0.25, -0.2) is 0 Å². The first-order valence-electron chi connectivity index (χ1n) is 6.17. The molecule has 1 aromatic rings. The number of carbonyl (C=O) groups is 2. The number of esters is 2. The van der Waals surface area contributed by atoms with Crippen LogP contribution >= 0.6 is 0 Å². The minimum absolute atomic E-state index is 0.188. The number of rotatable bonds is 6. The first-order chi connectivity index (χ1) is 10.3. The normalized spacial score (nSPS) is 10.8. The molecular formula is C14H15NO7. The number of methoxy groups -OCH3 is 1. The van der Waals surface area contributed by atoms with Gasteiger partial charge in [-0.2, -0.15) is 0 Å². The Kier molecular flexibility index (Phi) is 6.06. The highest BCUT2D eigenvalue weighted by atomic mass is 16.6. The van der Waals surface area contributed by atoms with Crippen LogP contribution in [-0.2, 0) is 14.3 Å². The van der Waals surface area contributed by atoms with Crippen LogP contribution in [0.25, 0.3) is 6.08 Å². The first kappa shape index (κ1) is 17.2. The van der Waals surface area contributed by atoms with Crippen molar-refractivity contribution in [1.29, 1.82) is 0 Å². The maximum absolute atomic E-state index is 11.0. The monoisotopic (exact) mass is 309 g/mol. The predicted molar refractivity (Wildman–Crippen MR) is 75.9 cm³/mol. The molecule has 0 N–H and O–H groups in total. The van der Waals surface area contributed by atoms with E-state index in [4.69, 9.17) is 9.47 Å². The molecule has 0 radical (unpaired) electrons. The summed E-state index contributed by atoms with van der Waals surface area (Å²) in [7, 11) is 1.41. The molecule has 22 heavy (non-hydrogen) atoms. The molecule has 0 heterocycles. The van der Waals surface area contributed by atoms with Gasteiger partial charge in [0.05, 0.1) is 12.0 Å². The Labute approximate surface area is 126 Å². The Morgan fingerprint density at radius 1 is 1.18 bits per heavy atom. The summed E-state index contributed by atoms with van der Waals surface area (Å²) in [5, 5.41) is 11.0. The van der Waals surface area contributed by atoms with Crippen molar-refractivity contribution in [2.45, 2.75) is 13.8 Å². The van der Waals surface area contributed by atoms with Crippen LogP contribution in [0.4, 0.5) is 0 Å². The largest absolute Gasteiger partial charge is 0.497 e. The fourth-order valence-corrected chi connectivity index (χ4v) is 1.53. The van der Waals surface area contributed by atoms with Gasteiger partial charge in [0.15, 0.2) is 6.61 Å². The number of nitrogens with zero attached hydrogens (tertiary/aromatic N) is 1. The molecule has 0 aliphatic rings. The lowest BCUT2D eigenvalue weighted by atomic mass is 10.1. The van der Waals surface area contributed by atoms with E-state index in [2.05, 4.69) is 4.74 Å². The summed E-state index contributed by atoms with van der Waals surface area (Å²) in [5.41, 5.74) is 0.0479. The number of benzene rings is 1. The molecular weight excluding hydrogens is 294 g/mol. The number of carbonyl (C=O) groups excluding carboxylic acids is 2. The molecule has 0 spiro atoms. The summed E-state index contributed by atoms with van der Waals surface area (Å²) >= 11 is 0. The number of ether oxygens (including phenoxy) is 3. The molecule has 1 rings (SSSR count). The Bertz CT molecular complexity index is 622. The summed E-state index contributed by atoms with van der Waals surface area (Å²) in [5.74, 6) is -0.606. The second-order valence-corrected chi connectivity index (χ2v) is 4.21. The lowest BCUT2D eigenvalue weighted by molar-refractivity contribution is -0.428. The average molecular weight is 309 g/mol. The zero-order chi connectivity index (χ0) is 16.7. The summed E-state index contributed by atoms with van der Waals surface area (Å²) in [6.45, 7) is 1.92. The Hall–Kier alpha value is -2.90. The molecule has 0 bridgehead atoms. The number of hydrogen-bond donors (Lipinski definition) is 0. The van der Waals surface area contributed by atoms with Crippen molar-refractivity contribution in [1.82, 2.24) is 0 Å². The lowest BCUT2D eigenvalue weighted by Crippen LogP contribution is -2.09. The second kappa shape index (κ2) is 7.77. The van der Waals surface area contributed by atoms with E-state index in [1.807, 2.05) is 0 Å². The van der Waals surface area contributed by atoms with E-state index in [9.17, 15) is 19.7 Å². The van der Waals surface area contributed by atoms with Crippen LogP contribution < -0.4 is 9.47 Å². The smallest absolute Gasteiger partial charge is 0.308 e. The summed E-state index contributed by atoms with van der Waals surface area (Å²) < 4.78 is 14.6. The highest BCUT2D eigenvalue weighted by molar-refractivity contribution is 5.70. The van der Waals surface area contributed by atoms with Crippen molar-refractivity contribution in [2.75, 3.05) is 13.7 Å². The zero-order valence-electron chi connectivity index (χ0n) is 12.3. The van der Waals surface area contributed by atoms with Gasteiger partial charge < -0.3 is 14.2 Å². The summed E-state index contributed by atoms with van der Waals surface area (Å²) in [6, 6.07) is 4.42. The SMILES string of the molecule is COc1cc(/C=C(/COC(C)=O)[N+](=O)[O-])cc(OC(C)=O)c1. The third-order valence-electron chi connectivity index (χ3n) is 2.39. The minimum atomic E-state index is -0.659. The van der Waals surface area contributed by atoms with Crippen molar-refractivity contribution < 1.29 is 28.7 Å². The molecule has 0 unspecified atom stereocenters. The highest BCUT2D eigenvalue weighted by Crippen LogP contribution is 2.24. The van der Waals surface area contributed by atoms with Gasteiger partial charge >= 0.3 is 11.9 Å². The van der Waals surface area contributed by atoms with Crippen LogP contribution in [0, 0.1) is 10.1 Å². The van der Waals surface area contributed by atoms with Crippen molar-refractivity contribution in [3.05, 3.63) is 39.6 Å². The van der Waals surface area contributed by atoms with E-state index >= 15 is 0 Å². The summed E-state index contributed by atoms with van der Waals surface area (Å²) in [4.78, 5) is 32.0. The van der Waals surface area contributed by atoms with Gasteiger partial charge in [-0.3, -0.25) is 19.7 Å². The van der Waals surface area contributed by atoms with Crippen molar-refractivity contribution in [3.8, 4) is 11.5 Å². The van der Waals surface area contributed by atoms with E-state index in [1.54, 1.807) is 0 Å². The maximum Gasteiger partial charge on any atom is 0.308 e. The minimum Gasteiger partial charge on any atom is -0.497 e. The van der Waals surface area contributed by atoms with Gasteiger partial charge in [-0.1, -0.05) is 0 Å². The van der Waals surface area contributed by atoms with E-state index in [0.29, 0.717) is 11.3 Å². The van der Waals surface area contributed by atoms with Crippen LogP contribution in [0.5, 0.6) is 11.5 Å². The molecule has 0 fully saturated rings. The Morgan fingerprint density at radius 3 is 2.32 bits per heavy atom. The van der Waals surface area contributed by atoms with Crippen molar-refractivity contribution in [3.63, 3.8) is 0 Å². The second-order valence-electron chi connectivity index (χ2n) is 4.21. The van der Waals surface area contributed by atoms with Crippen LogP contribution in [0.1, 0.15) is 19.4 Å². The van der Waals surface area contributed by atoms with Gasteiger partial charge in [0.1, 0.15) is 11.5 Å². The lowest BCUT2D eigenvalue weighted by Gasteiger charge is -2.07. The van der Waals surface area contributed by atoms with Crippen LogP contribution in [0.2, 0.25) is 0 Å². The zero-order valence-corrected chi connectivity index (χ0v) is 12.3. The molecule has 0 amide bonds. The molecule has 0 saturated carbocycles. The number of nitro groups is 1. The van der Waals surface area contributed by atoms with Crippen LogP contribution in [0.3, 0.4) is 0 Å². The van der Waals surface area contributed by atoms with E-state index in [1.165, 1.54) is 38.3 Å². The van der Waals surface area contributed by atoms with Gasteiger partial charge in [0, 0.05) is 26.0 Å². The molecule has 0 aliphatic heterocycles. The summed E-state index contributed by atoms with van der Waals surface area (Å²) in [6.07, 6.45) is 1.21. The molecule has 118 valence electrons. The van der Waals surface area contributed by atoms with E-state index in [0.717, 1.165) is 6.92 Å². The fraction of sp³-hybridized carbons (Fsp3) is 0.286. The first-order valence-corrected chi connectivity index (χ1v) is 6.17.